The summed E-state index contributed by atoms with van der Waals surface area (Å²) < 4.78 is 32.3. The molecule has 2 rings (SSSR count). The van der Waals surface area contributed by atoms with E-state index in [1.54, 1.807) is 24.3 Å². The second-order valence-electron chi connectivity index (χ2n) is 5.39. The molecular weight excluding hydrogens is 326 g/mol. The Labute approximate surface area is 142 Å². The van der Waals surface area contributed by atoms with Gasteiger partial charge in [0.15, 0.2) is 0 Å². The summed E-state index contributed by atoms with van der Waals surface area (Å²) in [5.74, 6) is -0.689. The fourth-order valence-electron chi connectivity index (χ4n) is 2.31. The molecule has 0 bridgehead atoms. The molecule has 0 aromatic heterocycles. The van der Waals surface area contributed by atoms with Gasteiger partial charge in [0.05, 0.1) is 12.7 Å². The third kappa shape index (κ3) is 4.35. The first kappa shape index (κ1) is 18.0. The number of anilines is 1. The summed E-state index contributed by atoms with van der Waals surface area (Å²) >= 11 is 0. The quantitative estimate of drug-likeness (QED) is 0.777. The molecule has 0 saturated carbocycles. The molecule has 0 radical (unpaired) electrons. The van der Waals surface area contributed by atoms with Gasteiger partial charge >= 0.3 is 5.97 Å². The van der Waals surface area contributed by atoms with Crippen LogP contribution in [-0.4, -0.2) is 21.5 Å². The molecule has 24 heavy (non-hydrogen) atoms. The van der Waals surface area contributed by atoms with Crippen LogP contribution in [0.5, 0.6) is 0 Å². The van der Waals surface area contributed by atoms with Gasteiger partial charge < -0.3 is 4.74 Å². The molecule has 0 saturated heterocycles. The second kappa shape index (κ2) is 7.97. The van der Waals surface area contributed by atoms with Crippen LogP contribution in [0.25, 0.3) is 0 Å². The number of benzene rings is 2. The first-order chi connectivity index (χ1) is 11.5. The van der Waals surface area contributed by atoms with Gasteiger partial charge in [0, 0.05) is 5.69 Å². The zero-order valence-electron chi connectivity index (χ0n) is 13.8. The van der Waals surface area contributed by atoms with Gasteiger partial charge in [-0.25, -0.2) is 13.2 Å². The first-order valence-corrected chi connectivity index (χ1v) is 9.25. The highest BCUT2D eigenvalue weighted by Gasteiger charge is 2.22. The average molecular weight is 347 g/mol. The van der Waals surface area contributed by atoms with Gasteiger partial charge in [-0.2, -0.15) is 0 Å². The number of aryl methyl sites for hydroxylation is 1. The average Bonchev–Trinajstić information content (AvgIpc) is 2.60. The van der Waals surface area contributed by atoms with Gasteiger partial charge in [0.25, 0.3) is 10.0 Å². The number of rotatable bonds is 7. The van der Waals surface area contributed by atoms with Crippen molar-refractivity contribution in [1.29, 1.82) is 0 Å². The van der Waals surface area contributed by atoms with Crippen LogP contribution in [0.3, 0.4) is 0 Å². The van der Waals surface area contributed by atoms with Crippen molar-refractivity contribution >= 4 is 21.7 Å². The number of ether oxygens (including phenoxy) is 1. The van der Waals surface area contributed by atoms with Gasteiger partial charge in [-0.1, -0.05) is 37.6 Å². The van der Waals surface area contributed by atoms with Gasteiger partial charge in [-0.15, -0.1) is 0 Å². The van der Waals surface area contributed by atoms with Gasteiger partial charge in [-0.3, -0.25) is 4.72 Å². The lowest BCUT2D eigenvalue weighted by Gasteiger charge is -2.11. The van der Waals surface area contributed by atoms with Crippen molar-refractivity contribution in [3.05, 3.63) is 59.7 Å². The molecule has 0 unspecified atom stereocenters. The topological polar surface area (TPSA) is 72.5 Å². The van der Waals surface area contributed by atoms with Crippen LogP contribution in [0, 0.1) is 0 Å². The maximum Gasteiger partial charge on any atom is 0.339 e. The highest BCUT2D eigenvalue weighted by molar-refractivity contribution is 7.92. The second-order valence-corrected chi connectivity index (χ2v) is 7.04. The Hall–Kier alpha value is -2.34. The van der Waals surface area contributed by atoms with E-state index in [1.807, 2.05) is 12.1 Å². The van der Waals surface area contributed by atoms with Crippen molar-refractivity contribution in [3.63, 3.8) is 0 Å². The number of nitrogens with one attached hydrogen (secondary N) is 1. The lowest BCUT2D eigenvalue weighted by Crippen LogP contribution is -2.17. The fraction of sp³-hybridized carbons (Fsp3) is 0.278. The molecule has 0 fully saturated rings. The summed E-state index contributed by atoms with van der Waals surface area (Å²) in [6.07, 6.45) is 3.17. The third-order valence-corrected chi connectivity index (χ3v) is 5.05. The number of carbonyl (C=O) groups excluding carboxylic acids is 1. The van der Waals surface area contributed by atoms with Crippen LogP contribution >= 0.6 is 0 Å². The first-order valence-electron chi connectivity index (χ1n) is 7.77. The van der Waals surface area contributed by atoms with E-state index in [-0.39, 0.29) is 10.5 Å². The number of methoxy groups -OCH3 is 1. The van der Waals surface area contributed by atoms with Crippen LogP contribution in [-0.2, 0) is 21.2 Å². The molecule has 1 N–H and O–H groups in total. The maximum absolute atomic E-state index is 12.6. The normalized spacial score (nSPS) is 11.1. The van der Waals surface area contributed by atoms with E-state index in [1.165, 1.54) is 19.2 Å². The third-order valence-electron chi connectivity index (χ3n) is 3.61. The van der Waals surface area contributed by atoms with Crippen molar-refractivity contribution < 1.29 is 17.9 Å². The van der Waals surface area contributed by atoms with Crippen molar-refractivity contribution in [3.8, 4) is 0 Å². The Bertz CT molecular complexity index is 798. The largest absolute Gasteiger partial charge is 0.465 e. The summed E-state index contributed by atoms with van der Waals surface area (Å²) in [5.41, 5.74) is 1.62. The predicted octanol–water partition coefficient (Wildman–Crippen LogP) is 3.62. The molecule has 0 aliphatic heterocycles. The Kier molecular flexibility index (Phi) is 5.98. The molecule has 0 atom stereocenters. The monoisotopic (exact) mass is 347 g/mol. The van der Waals surface area contributed by atoms with Crippen LogP contribution in [0.1, 0.15) is 35.7 Å². The van der Waals surface area contributed by atoms with Gasteiger partial charge in [0.1, 0.15) is 4.90 Å². The Morgan fingerprint density at radius 3 is 2.38 bits per heavy atom. The zero-order valence-corrected chi connectivity index (χ0v) is 14.6. The summed E-state index contributed by atoms with van der Waals surface area (Å²) in [6, 6.07) is 13.2. The molecule has 0 spiro atoms. The van der Waals surface area contributed by atoms with E-state index in [0.29, 0.717) is 5.69 Å². The molecule has 0 aliphatic rings. The summed E-state index contributed by atoms with van der Waals surface area (Å²) in [6.45, 7) is 2.13. The Morgan fingerprint density at radius 2 is 1.75 bits per heavy atom. The van der Waals surface area contributed by atoms with Crippen LogP contribution in [0.2, 0.25) is 0 Å². The summed E-state index contributed by atoms with van der Waals surface area (Å²) in [4.78, 5) is 11.7. The minimum absolute atomic E-state index is 0.00654. The van der Waals surface area contributed by atoms with E-state index in [2.05, 4.69) is 16.4 Å². The number of hydrogen-bond donors (Lipinski definition) is 1. The smallest absolute Gasteiger partial charge is 0.339 e. The number of esters is 1. The molecular formula is C18H21NO4S. The molecule has 128 valence electrons. The van der Waals surface area contributed by atoms with Crippen molar-refractivity contribution in [2.24, 2.45) is 0 Å². The van der Waals surface area contributed by atoms with Crippen molar-refractivity contribution in [2.45, 2.75) is 31.1 Å². The summed E-state index contributed by atoms with van der Waals surface area (Å²) in [5, 5.41) is 0. The van der Waals surface area contributed by atoms with Crippen LogP contribution in [0.4, 0.5) is 5.69 Å². The van der Waals surface area contributed by atoms with Crippen molar-refractivity contribution in [2.75, 3.05) is 11.8 Å². The molecule has 0 aliphatic carbocycles. The number of sulfonamides is 1. The van der Waals surface area contributed by atoms with E-state index in [4.69, 9.17) is 0 Å². The number of carbonyl (C=O) groups is 1. The van der Waals surface area contributed by atoms with Gasteiger partial charge in [-0.05, 0) is 42.7 Å². The van der Waals surface area contributed by atoms with E-state index in [0.717, 1.165) is 24.8 Å². The van der Waals surface area contributed by atoms with E-state index >= 15 is 0 Å². The SMILES string of the molecule is CCCCc1ccc(NS(=O)(=O)c2ccccc2C(=O)OC)cc1. The van der Waals surface area contributed by atoms with E-state index in [9.17, 15) is 13.2 Å². The minimum atomic E-state index is -3.88. The molecule has 2 aromatic rings. The lowest BCUT2D eigenvalue weighted by atomic mass is 10.1. The maximum atomic E-state index is 12.6. The molecule has 0 heterocycles. The Morgan fingerprint density at radius 1 is 1.08 bits per heavy atom. The predicted molar refractivity (Wildman–Crippen MR) is 93.6 cm³/mol. The standard InChI is InChI=1S/C18H21NO4S/c1-3-4-7-14-10-12-15(13-11-14)19-24(21,22)17-9-6-5-8-16(17)18(20)23-2/h5-6,8-13,19H,3-4,7H2,1-2H3. The molecule has 0 amide bonds. The molecule has 2 aromatic carbocycles. The fourth-order valence-corrected chi connectivity index (χ4v) is 3.57. The van der Waals surface area contributed by atoms with Crippen molar-refractivity contribution in [1.82, 2.24) is 0 Å². The minimum Gasteiger partial charge on any atom is -0.465 e. The van der Waals surface area contributed by atoms with Crippen LogP contribution < -0.4 is 4.72 Å². The highest BCUT2D eigenvalue weighted by atomic mass is 32.2. The van der Waals surface area contributed by atoms with Gasteiger partial charge in [0.2, 0.25) is 0 Å². The number of unbranched alkanes of at least 4 members (excludes halogenated alkanes) is 1. The van der Waals surface area contributed by atoms with E-state index < -0.39 is 16.0 Å². The number of hydrogen-bond acceptors (Lipinski definition) is 4. The molecule has 6 heteroatoms. The molecule has 5 nitrogen and oxygen atoms in total. The zero-order chi connectivity index (χ0) is 17.6. The van der Waals surface area contributed by atoms with Crippen LogP contribution in [0.15, 0.2) is 53.4 Å². The lowest BCUT2D eigenvalue weighted by molar-refractivity contribution is 0.0596. The summed E-state index contributed by atoms with van der Waals surface area (Å²) in [7, 11) is -2.66. The highest BCUT2D eigenvalue weighted by Crippen LogP contribution is 2.21. The Balaban J connectivity index is 2.24.